The first-order valence-electron chi connectivity index (χ1n) is 7.28. The van der Waals surface area contributed by atoms with Gasteiger partial charge in [0.2, 0.25) is 0 Å². The van der Waals surface area contributed by atoms with Crippen molar-refractivity contribution >= 4 is 16.6 Å². The lowest BCUT2D eigenvalue weighted by molar-refractivity contribution is 0.270. The number of anilines is 1. The van der Waals surface area contributed by atoms with Crippen LogP contribution in [0, 0.1) is 0 Å². The quantitative estimate of drug-likeness (QED) is 0.925. The SMILES string of the molecule is CCN1CCN(c2cc(CO)nc3ccccc23)CC1. The molecule has 1 aliphatic heterocycles. The van der Waals surface area contributed by atoms with E-state index in [9.17, 15) is 5.11 Å². The van der Waals surface area contributed by atoms with Crippen molar-refractivity contribution in [3.63, 3.8) is 0 Å². The molecule has 2 aromatic rings. The second-order valence-corrected chi connectivity index (χ2v) is 5.23. The molecule has 1 aromatic carbocycles. The first-order chi connectivity index (χ1) is 9.81. The molecule has 0 saturated carbocycles. The molecule has 0 atom stereocenters. The highest BCUT2D eigenvalue weighted by Gasteiger charge is 2.18. The van der Waals surface area contributed by atoms with Crippen LogP contribution < -0.4 is 4.90 Å². The van der Waals surface area contributed by atoms with Crippen molar-refractivity contribution < 1.29 is 5.11 Å². The van der Waals surface area contributed by atoms with Crippen LogP contribution in [0.2, 0.25) is 0 Å². The Labute approximate surface area is 119 Å². The monoisotopic (exact) mass is 271 g/mol. The van der Waals surface area contributed by atoms with Gasteiger partial charge in [0.1, 0.15) is 0 Å². The molecule has 0 amide bonds. The van der Waals surface area contributed by atoms with Crippen LogP contribution >= 0.6 is 0 Å². The van der Waals surface area contributed by atoms with Crippen LogP contribution in [0.25, 0.3) is 10.9 Å². The maximum Gasteiger partial charge on any atom is 0.0854 e. The largest absolute Gasteiger partial charge is 0.390 e. The van der Waals surface area contributed by atoms with E-state index in [0.717, 1.165) is 43.9 Å². The molecule has 0 bridgehead atoms. The van der Waals surface area contributed by atoms with E-state index >= 15 is 0 Å². The molecule has 1 aliphatic rings. The number of hydrogen-bond acceptors (Lipinski definition) is 4. The van der Waals surface area contributed by atoms with E-state index in [4.69, 9.17) is 0 Å². The van der Waals surface area contributed by atoms with Gasteiger partial charge in [0.25, 0.3) is 0 Å². The summed E-state index contributed by atoms with van der Waals surface area (Å²) in [4.78, 5) is 9.37. The van der Waals surface area contributed by atoms with E-state index in [1.54, 1.807) is 0 Å². The Balaban J connectivity index is 1.98. The minimum absolute atomic E-state index is 0.00718. The third-order valence-corrected chi connectivity index (χ3v) is 4.07. The molecule has 0 spiro atoms. The van der Waals surface area contributed by atoms with Gasteiger partial charge in [-0.3, -0.25) is 4.98 Å². The predicted octanol–water partition coefficient (Wildman–Crippen LogP) is 1.87. The zero-order valence-corrected chi connectivity index (χ0v) is 11.9. The van der Waals surface area contributed by atoms with Gasteiger partial charge in [-0.25, -0.2) is 0 Å². The average molecular weight is 271 g/mol. The van der Waals surface area contributed by atoms with E-state index in [0.29, 0.717) is 0 Å². The number of aromatic nitrogens is 1. The van der Waals surface area contributed by atoms with Crippen LogP contribution in [0.5, 0.6) is 0 Å². The van der Waals surface area contributed by atoms with E-state index in [1.165, 1.54) is 11.1 Å². The number of aliphatic hydroxyl groups excluding tert-OH is 1. The number of para-hydroxylation sites is 1. The summed E-state index contributed by atoms with van der Waals surface area (Å²) in [6.07, 6.45) is 0. The normalized spacial score (nSPS) is 16.8. The van der Waals surface area contributed by atoms with E-state index in [-0.39, 0.29) is 6.61 Å². The van der Waals surface area contributed by atoms with Gasteiger partial charge in [-0.1, -0.05) is 25.1 Å². The Kier molecular flexibility index (Phi) is 3.85. The van der Waals surface area contributed by atoms with Crippen molar-refractivity contribution in [2.24, 2.45) is 0 Å². The number of fused-ring (bicyclic) bond motifs is 1. The molecule has 1 N–H and O–H groups in total. The second-order valence-electron chi connectivity index (χ2n) is 5.23. The summed E-state index contributed by atoms with van der Waals surface area (Å²) < 4.78 is 0. The Hall–Kier alpha value is -1.65. The molecule has 4 heteroatoms. The van der Waals surface area contributed by atoms with Gasteiger partial charge >= 0.3 is 0 Å². The number of aliphatic hydroxyl groups is 1. The molecule has 106 valence electrons. The summed E-state index contributed by atoms with van der Waals surface area (Å²) in [5, 5.41) is 10.6. The first-order valence-corrected chi connectivity index (χ1v) is 7.28. The molecule has 20 heavy (non-hydrogen) atoms. The molecule has 3 rings (SSSR count). The molecule has 0 aliphatic carbocycles. The number of likely N-dealkylation sites (N-methyl/N-ethyl adjacent to an activating group) is 1. The van der Waals surface area contributed by atoms with Crippen LogP contribution in [0.15, 0.2) is 30.3 Å². The standard InChI is InChI=1S/C16H21N3O/c1-2-18-7-9-19(10-8-18)16-11-13(12-20)17-15-6-4-3-5-14(15)16/h3-6,11,20H,2,7-10,12H2,1H3. The van der Waals surface area contributed by atoms with Crippen molar-refractivity contribution in [1.29, 1.82) is 0 Å². The van der Waals surface area contributed by atoms with Crippen LogP contribution in [0.4, 0.5) is 5.69 Å². The number of pyridine rings is 1. The van der Waals surface area contributed by atoms with Crippen LogP contribution in [-0.4, -0.2) is 47.7 Å². The number of rotatable bonds is 3. The van der Waals surface area contributed by atoms with Crippen LogP contribution in [-0.2, 0) is 6.61 Å². The van der Waals surface area contributed by atoms with Crippen LogP contribution in [0.3, 0.4) is 0 Å². The minimum Gasteiger partial charge on any atom is -0.390 e. The summed E-state index contributed by atoms with van der Waals surface area (Å²) in [6.45, 7) is 7.59. The Morgan fingerprint density at radius 3 is 2.60 bits per heavy atom. The summed E-state index contributed by atoms with van der Waals surface area (Å²) in [6, 6.07) is 10.2. The van der Waals surface area contributed by atoms with Gasteiger partial charge in [0, 0.05) is 37.3 Å². The van der Waals surface area contributed by atoms with Crippen LogP contribution in [0.1, 0.15) is 12.6 Å². The van der Waals surface area contributed by atoms with Gasteiger partial charge in [-0.15, -0.1) is 0 Å². The highest BCUT2D eigenvalue weighted by molar-refractivity contribution is 5.92. The van der Waals surface area contributed by atoms with Crippen molar-refractivity contribution in [2.45, 2.75) is 13.5 Å². The fourth-order valence-electron chi connectivity index (χ4n) is 2.86. The third-order valence-electron chi connectivity index (χ3n) is 4.07. The lowest BCUT2D eigenvalue weighted by Crippen LogP contribution is -2.46. The lowest BCUT2D eigenvalue weighted by Gasteiger charge is -2.36. The summed E-state index contributed by atoms with van der Waals surface area (Å²) in [7, 11) is 0. The Bertz CT molecular complexity index is 591. The van der Waals surface area contributed by atoms with Crippen molar-refractivity contribution in [3.8, 4) is 0 Å². The maximum atomic E-state index is 9.41. The topological polar surface area (TPSA) is 39.6 Å². The van der Waals surface area contributed by atoms with E-state index in [1.807, 2.05) is 18.2 Å². The molecule has 1 aromatic heterocycles. The number of hydrogen-bond donors (Lipinski definition) is 1. The van der Waals surface area contributed by atoms with Gasteiger partial charge in [-0.2, -0.15) is 0 Å². The number of benzene rings is 1. The molecule has 1 saturated heterocycles. The third kappa shape index (κ3) is 2.49. The zero-order valence-electron chi connectivity index (χ0n) is 11.9. The molecular weight excluding hydrogens is 250 g/mol. The van der Waals surface area contributed by atoms with E-state index < -0.39 is 0 Å². The Morgan fingerprint density at radius 2 is 1.90 bits per heavy atom. The average Bonchev–Trinajstić information content (AvgIpc) is 2.54. The number of nitrogens with zero attached hydrogens (tertiary/aromatic N) is 3. The molecule has 0 radical (unpaired) electrons. The summed E-state index contributed by atoms with van der Waals surface area (Å²) in [5.41, 5.74) is 2.92. The molecule has 1 fully saturated rings. The molecular formula is C16H21N3O. The van der Waals surface area contributed by atoms with Gasteiger partial charge in [0.15, 0.2) is 0 Å². The van der Waals surface area contributed by atoms with Crippen molar-refractivity contribution in [2.75, 3.05) is 37.6 Å². The lowest BCUT2D eigenvalue weighted by atomic mass is 10.1. The van der Waals surface area contributed by atoms with Gasteiger partial charge in [0.05, 0.1) is 17.8 Å². The minimum atomic E-state index is -0.00718. The van der Waals surface area contributed by atoms with Crippen molar-refractivity contribution in [1.82, 2.24) is 9.88 Å². The highest BCUT2D eigenvalue weighted by atomic mass is 16.3. The highest BCUT2D eigenvalue weighted by Crippen LogP contribution is 2.27. The Morgan fingerprint density at radius 1 is 1.15 bits per heavy atom. The molecule has 2 heterocycles. The zero-order chi connectivity index (χ0) is 13.9. The van der Waals surface area contributed by atoms with Crippen molar-refractivity contribution in [3.05, 3.63) is 36.0 Å². The number of piperazine rings is 1. The van der Waals surface area contributed by atoms with Gasteiger partial charge in [-0.05, 0) is 18.7 Å². The fraction of sp³-hybridized carbons (Fsp3) is 0.438. The first kappa shape index (κ1) is 13.3. The summed E-state index contributed by atoms with van der Waals surface area (Å²) >= 11 is 0. The second kappa shape index (κ2) is 5.77. The molecule has 0 unspecified atom stereocenters. The predicted molar refractivity (Wildman–Crippen MR) is 82.0 cm³/mol. The van der Waals surface area contributed by atoms with E-state index in [2.05, 4.69) is 33.8 Å². The maximum absolute atomic E-state index is 9.41. The smallest absolute Gasteiger partial charge is 0.0854 e. The molecule has 4 nitrogen and oxygen atoms in total. The van der Waals surface area contributed by atoms with Gasteiger partial charge < -0.3 is 14.9 Å². The summed E-state index contributed by atoms with van der Waals surface area (Å²) in [5.74, 6) is 0. The fourth-order valence-corrected chi connectivity index (χ4v) is 2.86.